The number of nitrogens with one attached hydrogen (secondary N) is 2. The zero-order valence-corrected chi connectivity index (χ0v) is 11.6. The van der Waals surface area contributed by atoms with Crippen molar-refractivity contribution in [1.82, 2.24) is 10.3 Å². The van der Waals surface area contributed by atoms with Crippen molar-refractivity contribution in [2.75, 3.05) is 0 Å². The lowest BCUT2D eigenvalue weighted by molar-refractivity contribution is -0.139. The summed E-state index contributed by atoms with van der Waals surface area (Å²) in [6.07, 6.45) is 0.968. The highest BCUT2D eigenvalue weighted by Gasteiger charge is 2.21. The second kappa shape index (κ2) is 6.21. The minimum Gasteiger partial charge on any atom is -0.480 e. The van der Waals surface area contributed by atoms with E-state index in [9.17, 15) is 14.4 Å². The zero-order valence-electron chi connectivity index (χ0n) is 11.6. The average Bonchev–Trinajstić information content (AvgIpc) is 2.45. The number of aliphatic carboxylic acids is 1. The summed E-state index contributed by atoms with van der Waals surface area (Å²) in [5.41, 5.74) is 0.315. The van der Waals surface area contributed by atoms with E-state index in [4.69, 9.17) is 5.11 Å². The molecule has 6 heteroatoms. The Morgan fingerprint density at radius 1 is 1.33 bits per heavy atom. The number of rotatable bonds is 5. The van der Waals surface area contributed by atoms with Gasteiger partial charge < -0.3 is 15.4 Å². The Kier molecular flexibility index (Phi) is 4.37. The molecule has 0 unspecified atom stereocenters. The molecule has 1 heterocycles. The second-order valence-corrected chi connectivity index (χ2v) is 4.75. The highest BCUT2D eigenvalue weighted by molar-refractivity contribution is 6.06. The third kappa shape index (κ3) is 3.28. The summed E-state index contributed by atoms with van der Waals surface area (Å²) in [5.74, 6) is -1.64. The number of carbonyl (C=O) groups excluding carboxylic acids is 1. The van der Waals surface area contributed by atoms with Gasteiger partial charge in [-0.25, -0.2) is 4.79 Å². The van der Waals surface area contributed by atoms with Gasteiger partial charge in [-0.1, -0.05) is 31.5 Å². The molecule has 21 heavy (non-hydrogen) atoms. The quantitative estimate of drug-likeness (QED) is 0.776. The standard InChI is InChI=1S/C15H16N2O4/c1-2-5-12(15(20)21)17-14(19)10-8-13(18)16-11-7-4-3-6-9(10)11/h3-4,6-8,12H,2,5H2,1H3,(H,16,18)(H,17,19)(H,20,21)/t12-/m0/s1. The lowest BCUT2D eigenvalue weighted by atomic mass is 10.1. The van der Waals surface area contributed by atoms with E-state index in [2.05, 4.69) is 10.3 Å². The molecule has 2 aromatic rings. The van der Waals surface area contributed by atoms with E-state index in [-0.39, 0.29) is 5.56 Å². The molecule has 0 aliphatic rings. The van der Waals surface area contributed by atoms with E-state index < -0.39 is 23.5 Å². The average molecular weight is 288 g/mol. The summed E-state index contributed by atoms with van der Waals surface area (Å²) < 4.78 is 0. The third-order valence-corrected chi connectivity index (χ3v) is 3.18. The van der Waals surface area contributed by atoms with Gasteiger partial charge in [0, 0.05) is 17.0 Å². The van der Waals surface area contributed by atoms with Crippen LogP contribution in [0.25, 0.3) is 10.9 Å². The number of amides is 1. The number of benzene rings is 1. The van der Waals surface area contributed by atoms with Crippen LogP contribution in [-0.4, -0.2) is 28.0 Å². The molecule has 1 aromatic heterocycles. The van der Waals surface area contributed by atoms with Crippen molar-refractivity contribution >= 4 is 22.8 Å². The zero-order chi connectivity index (χ0) is 15.4. The molecule has 0 fully saturated rings. The van der Waals surface area contributed by atoms with Gasteiger partial charge in [-0.3, -0.25) is 9.59 Å². The number of aromatic nitrogens is 1. The minimum atomic E-state index is -1.08. The number of hydrogen-bond donors (Lipinski definition) is 3. The van der Waals surface area contributed by atoms with Crippen LogP contribution in [0.15, 0.2) is 35.1 Å². The highest BCUT2D eigenvalue weighted by Crippen LogP contribution is 2.14. The number of fused-ring (bicyclic) bond motifs is 1. The van der Waals surface area contributed by atoms with Crippen LogP contribution in [0, 0.1) is 0 Å². The number of carboxylic acid groups (broad SMARTS) is 1. The number of carboxylic acids is 1. The molecule has 0 spiro atoms. The molecule has 0 radical (unpaired) electrons. The first-order chi connectivity index (χ1) is 10.0. The Morgan fingerprint density at radius 3 is 2.71 bits per heavy atom. The van der Waals surface area contributed by atoms with Crippen LogP contribution in [0.5, 0.6) is 0 Å². The molecule has 1 aromatic carbocycles. The summed E-state index contributed by atoms with van der Waals surface area (Å²) >= 11 is 0. The van der Waals surface area contributed by atoms with Crippen molar-refractivity contribution in [3.05, 3.63) is 46.2 Å². The topological polar surface area (TPSA) is 99.3 Å². The molecule has 0 bridgehead atoms. The van der Waals surface area contributed by atoms with Crippen LogP contribution in [0.3, 0.4) is 0 Å². The summed E-state index contributed by atoms with van der Waals surface area (Å²) in [4.78, 5) is 37.6. The highest BCUT2D eigenvalue weighted by atomic mass is 16.4. The fourth-order valence-electron chi connectivity index (χ4n) is 2.17. The molecule has 1 amide bonds. The van der Waals surface area contributed by atoms with Crippen LogP contribution in [-0.2, 0) is 4.79 Å². The Bertz CT molecular complexity index is 736. The van der Waals surface area contributed by atoms with Crippen molar-refractivity contribution in [3.63, 3.8) is 0 Å². The van der Waals surface area contributed by atoms with Gasteiger partial charge in [0.05, 0.1) is 5.56 Å². The summed E-state index contributed by atoms with van der Waals surface area (Å²) in [7, 11) is 0. The molecule has 1 atom stereocenters. The van der Waals surface area contributed by atoms with Gasteiger partial charge in [0.15, 0.2) is 0 Å². The van der Waals surface area contributed by atoms with Crippen molar-refractivity contribution in [3.8, 4) is 0 Å². The first-order valence-electron chi connectivity index (χ1n) is 6.68. The molecule has 0 aliphatic carbocycles. The molecular formula is C15H16N2O4. The molecule has 2 rings (SSSR count). The third-order valence-electron chi connectivity index (χ3n) is 3.18. The number of para-hydroxylation sites is 1. The number of aromatic amines is 1. The Labute approximate surface area is 120 Å². The molecule has 110 valence electrons. The molecule has 0 saturated carbocycles. The van der Waals surface area contributed by atoms with E-state index in [1.807, 2.05) is 6.92 Å². The maximum Gasteiger partial charge on any atom is 0.326 e. The van der Waals surface area contributed by atoms with Gasteiger partial charge in [-0.05, 0) is 12.5 Å². The van der Waals surface area contributed by atoms with Crippen molar-refractivity contribution in [1.29, 1.82) is 0 Å². The molecular weight excluding hydrogens is 272 g/mol. The first-order valence-corrected chi connectivity index (χ1v) is 6.68. The van der Waals surface area contributed by atoms with E-state index in [0.717, 1.165) is 0 Å². The van der Waals surface area contributed by atoms with Gasteiger partial charge in [-0.2, -0.15) is 0 Å². The predicted molar refractivity (Wildman–Crippen MR) is 78.4 cm³/mol. The van der Waals surface area contributed by atoms with Crippen LogP contribution >= 0.6 is 0 Å². The summed E-state index contributed by atoms with van der Waals surface area (Å²) in [6, 6.07) is 7.11. The van der Waals surface area contributed by atoms with Crippen LogP contribution in [0.2, 0.25) is 0 Å². The van der Waals surface area contributed by atoms with Crippen molar-refractivity contribution < 1.29 is 14.7 Å². The van der Waals surface area contributed by atoms with Crippen molar-refractivity contribution in [2.45, 2.75) is 25.8 Å². The van der Waals surface area contributed by atoms with Crippen molar-refractivity contribution in [2.24, 2.45) is 0 Å². The monoisotopic (exact) mass is 288 g/mol. The van der Waals surface area contributed by atoms with Crippen LogP contribution < -0.4 is 10.9 Å². The number of pyridine rings is 1. The molecule has 3 N–H and O–H groups in total. The Hall–Kier alpha value is -2.63. The van der Waals surface area contributed by atoms with Crippen LogP contribution in [0.4, 0.5) is 0 Å². The lowest BCUT2D eigenvalue weighted by Gasteiger charge is -2.14. The number of hydrogen-bond acceptors (Lipinski definition) is 3. The van der Waals surface area contributed by atoms with Crippen LogP contribution in [0.1, 0.15) is 30.1 Å². The lowest BCUT2D eigenvalue weighted by Crippen LogP contribution is -2.41. The summed E-state index contributed by atoms with van der Waals surface area (Å²) in [6.45, 7) is 1.84. The predicted octanol–water partition coefficient (Wildman–Crippen LogP) is 1.51. The molecule has 0 aliphatic heterocycles. The SMILES string of the molecule is CCC[C@H](NC(=O)c1cc(=O)[nH]c2ccccc12)C(=O)O. The molecule has 6 nitrogen and oxygen atoms in total. The molecule has 0 saturated heterocycles. The Balaban J connectivity index is 2.39. The van der Waals surface area contributed by atoms with Gasteiger partial charge >= 0.3 is 5.97 Å². The normalized spacial score (nSPS) is 12.0. The van der Waals surface area contributed by atoms with Gasteiger partial charge in [0.25, 0.3) is 5.91 Å². The maximum absolute atomic E-state index is 12.3. The fourth-order valence-corrected chi connectivity index (χ4v) is 2.17. The minimum absolute atomic E-state index is 0.178. The first kappa shape index (κ1) is 14.8. The van der Waals surface area contributed by atoms with E-state index >= 15 is 0 Å². The summed E-state index contributed by atoms with van der Waals surface area (Å²) in [5, 5.41) is 12.1. The van der Waals surface area contributed by atoms with E-state index in [0.29, 0.717) is 23.7 Å². The smallest absolute Gasteiger partial charge is 0.326 e. The van der Waals surface area contributed by atoms with E-state index in [1.165, 1.54) is 6.07 Å². The number of H-pyrrole nitrogens is 1. The van der Waals surface area contributed by atoms with Gasteiger partial charge in [0.2, 0.25) is 5.56 Å². The van der Waals surface area contributed by atoms with Gasteiger partial charge in [-0.15, -0.1) is 0 Å². The largest absolute Gasteiger partial charge is 0.480 e. The second-order valence-electron chi connectivity index (χ2n) is 4.75. The fraction of sp³-hybridized carbons (Fsp3) is 0.267. The number of carbonyl (C=O) groups is 2. The maximum atomic E-state index is 12.3. The Morgan fingerprint density at radius 2 is 2.05 bits per heavy atom. The van der Waals surface area contributed by atoms with Gasteiger partial charge in [0.1, 0.15) is 6.04 Å². The van der Waals surface area contributed by atoms with E-state index in [1.54, 1.807) is 24.3 Å².